The summed E-state index contributed by atoms with van der Waals surface area (Å²) >= 11 is 0. The van der Waals surface area contributed by atoms with E-state index in [2.05, 4.69) is 9.97 Å². The lowest BCUT2D eigenvalue weighted by molar-refractivity contribution is -0.138. The molecule has 0 aliphatic carbocycles. The van der Waals surface area contributed by atoms with E-state index < -0.39 is 0 Å². The molecule has 5 nitrogen and oxygen atoms in total. The molecule has 1 atom stereocenters. The van der Waals surface area contributed by atoms with Crippen LogP contribution in [0.2, 0.25) is 0 Å². The highest BCUT2D eigenvalue weighted by atomic mass is 19.1. The first-order valence-electron chi connectivity index (χ1n) is 9.67. The van der Waals surface area contributed by atoms with Gasteiger partial charge in [0.05, 0.1) is 25.3 Å². The lowest BCUT2D eigenvalue weighted by Gasteiger charge is -2.32. The molecule has 2 aromatic heterocycles. The molecule has 4 rings (SSSR count). The fourth-order valence-electron chi connectivity index (χ4n) is 3.44. The maximum atomic E-state index is 13.9. The number of halogens is 1. The summed E-state index contributed by atoms with van der Waals surface area (Å²) in [6.45, 7) is 1.46. The van der Waals surface area contributed by atoms with Crippen LogP contribution < -0.4 is 0 Å². The number of hydrogen-bond donors (Lipinski definition) is 0. The minimum absolute atomic E-state index is 0.0273. The molecule has 3 heterocycles. The highest BCUT2D eigenvalue weighted by molar-refractivity contribution is 5.78. The first-order valence-corrected chi connectivity index (χ1v) is 9.67. The maximum absolute atomic E-state index is 13.9. The summed E-state index contributed by atoms with van der Waals surface area (Å²) < 4.78 is 19.8. The van der Waals surface area contributed by atoms with Crippen LogP contribution in [0.4, 0.5) is 4.39 Å². The zero-order valence-electron chi connectivity index (χ0n) is 16.0. The van der Waals surface area contributed by atoms with Crippen LogP contribution in [0.15, 0.2) is 66.9 Å². The summed E-state index contributed by atoms with van der Waals surface area (Å²) in [5, 5.41) is 0. The predicted octanol–water partition coefficient (Wildman–Crippen LogP) is 3.35. The first kappa shape index (κ1) is 19.2. The van der Waals surface area contributed by atoms with Crippen LogP contribution in [0.1, 0.15) is 28.7 Å². The first-order chi connectivity index (χ1) is 14.2. The van der Waals surface area contributed by atoms with Crippen molar-refractivity contribution < 1.29 is 13.9 Å². The van der Waals surface area contributed by atoms with Crippen molar-refractivity contribution in [2.24, 2.45) is 0 Å². The Labute approximate surface area is 169 Å². The monoisotopic (exact) mass is 391 g/mol. The topological polar surface area (TPSA) is 55.3 Å². The smallest absolute Gasteiger partial charge is 0.228 e. The second-order valence-corrected chi connectivity index (χ2v) is 7.02. The number of carbonyl (C=O) groups is 1. The Hall–Kier alpha value is -3.12. The second-order valence-electron chi connectivity index (χ2n) is 7.02. The van der Waals surface area contributed by atoms with Crippen LogP contribution in [0.25, 0.3) is 0 Å². The van der Waals surface area contributed by atoms with Crippen molar-refractivity contribution in [1.82, 2.24) is 14.9 Å². The van der Waals surface area contributed by atoms with Crippen LogP contribution in [0.3, 0.4) is 0 Å². The molecule has 1 aromatic carbocycles. The van der Waals surface area contributed by atoms with Crippen molar-refractivity contribution in [2.45, 2.75) is 18.9 Å². The van der Waals surface area contributed by atoms with E-state index in [4.69, 9.17) is 4.74 Å². The molecule has 1 unspecified atom stereocenters. The van der Waals surface area contributed by atoms with E-state index in [-0.39, 0.29) is 24.2 Å². The molecule has 0 N–H and O–H groups in total. The van der Waals surface area contributed by atoms with E-state index in [1.807, 2.05) is 42.5 Å². The highest BCUT2D eigenvalue weighted by Crippen LogP contribution is 2.22. The molecule has 3 aromatic rings. The molecule has 0 radical (unpaired) electrons. The molecule has 1 amide bonds. The zero-order chi connectivity index (χ0) is 20.1. The van der Waals surface area contributed by atoms with Crippen LogP contribution in [0.5, 0.6) is 0 Å². The van der Waals surface area contributed by atoms with Crippen molar-refractivity contribution in [1.29, 1.82) is 0 Å². The number of carbonyl (C=O) groups excluding carboxylic acids is 1. The van der Waals surface area contributed by atoms with Gasteiger partial charge in [-0.05, 0) is 35.9 Å². The van der Waals surface area contributed by atoms with Gasteiger partial charge in [-0.25, -0.2) is 4.39 Å². The quantitative estimate of drug-likeness (QED) is 0.669. The number of aromatic nitrogens is 2. The SMILES string of the molecule is O=C(Cc1ccccn1)N1CCOC(c2cccc(Cc3ccccc3F)n2)C1. The Morgan fingerprint density at radius 3 is 2.72 bits per heavy atom. The number of pyridine rings is 2. The van der Waals surface area contributed by atoms with Gasteiger partial charge < -0.3 is 9.64 Å². The van der Waals surface area contributed by atoms with Gasteiger partial charge in [-0.15, -0.1) is 0 Å². The molecule has 0 saturated carbocycles. The van der Waals surface area contributed by atoms with Gasteiger partial charge in [-0.1, -0.05) is 30.3 Å². The van der Waals surface area contributed by atoms with Gasteiger partial charge in [0, 0.05) is 30.6 Å². The average Bonchev–Trinajstić information content (AvgIpc) is 2.76. The Morgan fingerprint density at radius 1 is 1.07 bits per heavy atom. The Balaban J connectivity index is 1.44. The number of benzene rings is 1. The fraction of sp³-hybridized carbons (Fsp3) is 0.261. The lowest BCUT2D eigenvalue weighted by atomic mass is 10.1. The van der Waals surface area contributed by atoms with Gasteiger partial charge in [0.1, 0.15) is 11.9 Å². The van der Waals surface area contributed by atoms with Gasteiger partial charge >= 0.3 is 0 Å². The van der Waals surface area contributed by atoms with Crippen molar-refractivity contribution in [2.75, 3.05) is 19.7 Å². The summed E-state index contributed by atoms with van der Waals surface area (Å²) in [6.07, 6.45) is 2.08. The number of nitrogens with zero attached hydrogens (tertiary/aromatic N) is 3. The largest absolute Gasteiger partial charge is 0.368 e. The van der Waals surface area contributed by atoms with Crippen LogP contribution in [-0.4, -0.2) is 40.5 Å². The Kier molecular flexibility index (Phi) is 5.91. The minimum atomic E-state index is -0.294. The van der Waals surface area contributed by atoms with Crippen molar-refractivity contribution in [3.8, 4) is 0 Å². The summed E-state index contributed by atoms with van der Waals surface area (Å²) in [4.78, 5) is 23.4. The molecular weight excluding hydrogens is 369 g/mol. The van der Waals surface area contributed by atoms with Crippen LogP contribution in [-0.2, 0) is 22.4 Å². The van der Waals surface area contributed by atoms with E-state index in [1.165, 1.54) is 6.07 Å². The third kappa shape index (κ3) is 4.84. The highest BCUT2D eigenvalue weighted by Gasteiger charge is 2.26. The molecule has 6 heteroatoms. The number of ether oxygens (including phenoxy) is 1. The molecule has 1 fully saturated rings. The van der Waals surface area contributed by atoms with Gasteiger partial charge in [0.2, 0.25) is 5.91 Å². The number of morpholine rings is 1. The van der Waals surface area contributed by atoms with E-state index in [9.17, 15) is 9.18 Å². The third-order valence-electron chi connectivity index (χ3n) is 4.97. The van der Waals surface area contributed by atoms with E-state index in [0.29, 0.717) is 31.7 Å². The minimum Gasteiger partial charge on any atom is -0.368 e. The molecule has 148 valence electrons. The molecule has 0 spiro atoms. The number of amides is 1. The normalized spacial score (nSPS) is 16.6. The van der Waals surface area contributed by atoms with Gasteiger partial charge in [0.15, 0.2) is 0 Å². The summed E-state index contributed by atoms with van der Waals surface area (Å²) in [5.74, 6) is -0.209. The fourth-order valence-corrected chi connectivity index (χ4v) is 3.44. The molecule has 0 bridgehead atoms. The van der Waals surface area contributed by atoms with Gasteiger partial charge in [-0.3, -0.25) is 14.8 Å². The van der Waals surface area contributed by atoms with Crippen LogP contribution in [0, 0.1) is 5.82 Å². The van der Waals surface area contributed by atoms with Gasteiger partial charge in [0.25, 0.3) is 0 Å². The summed E-state index contributed by atoms with van der Waals surface area (Å²) in [6, 6.07) is 17.9. The van der Waals surface area contributed by atoms with E-state index in [1.54, 1.807) is 23.2 Å². The van der Waals surface area contributed by atoms with Crippen molar-refractivity contribution in [3.05, 3.63) is 95.3 Å². The molecular formula is C23H22FN3O2. The lowest BCUT2D eigenvalue weighted by Crippen LogP contribution is -2.43. The van der Waals surface area contributed by atoms with Crippen molar-refractivity contribution >= 4 is 5.91 Å². The summed E-state index contributed by atoms with van der Waals surface area (Å²) in [7, 11) is 0. The molecule has 1 aliphatic rings. The van der Waals surface area contributed by atoms with Crippen molar-refractivity contribution in [3.63, 3.8) is 0 Å². The number of rotatable bonds is 5. The third-order valence-corrected chi connectivity index (χ3v) is 4.97. The van der Waals surface area contributed by atoms with E-state index >= 15 is 0 Å². The number of hydrogen-bond acceptors (Lipinski definition) is 4. The summed E-state index contributed by atoms with van der Waals surface area (Å²) in [5.41, 5.74) is 2.89. The Bertz CT molecular complexity index is 981. The predicted molar refractivity (Wildman–Crippen MR) is 107 cm³/mol. The van der Waals surface area contributed by atoms with Gasteiger partial charge in [-0.2, -0.15) is 0 Å². The standard InChI is InChI=1S/C23H22FN3O2/c24-20-9-2-1-6-17(20)14-19-8-5-10-21(26-19)22-16-27(12-13-29-22)23(28)15-18-7-3-4-11-25-18/h1-11,22H,12-16H2. The maximum Gasteiger partial charge on any atom is 0.228 e. The molecule has 1 saturated heterocycles. The molecule has 1 aliphatic heterocycles. The molecule has 29 heavy (non-hydrogen) atoms. The average molecular weight is 391 g/mol. The van der Waals surface area contributed by atoms with Crippen LogP contribution >= 0.6 is 0 Å². The zero-order valence-corrected chi connectivity index (χ0v) is 16.0. The van der Waals surface area contributed by atoms with E-state index in [0.717, 1.165) is 17.1 Å². The second kappa shape index (κ2) is 8.92. The Morgan fingerprint density at radius 2 is 1.90 bits per heavy atom.